The fraction of sp³-hybridized carbons (Fsp3) is 0.333. The first-order chi connectivity index (χ1) is 8.15. The second-order valence-corrected chi connectivity index (χ2v) is 4.79. The van der Waals surface area contributed by atoms with Gasteiger partial charge >= 0.3 is 0 Å². The van der Waals surface area contributed by atoms with E-state index in [1.807, 2.05) is 6.07 Å². The van der Waals surface area contributed by atoms with Crippen molar-refractivity contribution in [3.8, 4) is 0 Å². The highest BCUT2D eigenvalue weighted by Crippen LogP contribution is 2.39. The van der Waals surface area contributed by atoms with Crippen molar-refractivity contribution in [2.75, 3.05) is 11.9 Å². The molecule has 5 heteroatoms. The molecule has 0 radical (unpaired) electrons. The van der Waals surface area contributed by atoms with Gasteiger partial charge in [-0.3, -0.25) is 9.59 Å². The minimum atomic E-state index is -0.147. The summed E-state index contributed by atoms with van der Waals surface area (Å²) in [7, 11) is 0. The molecule has 2 aliphatic rings. The van der Waals surface area contributed by atoms with Crippen LogP contribution in [-0.2, 0) is 9.59 Å². The van der Waals surface area contributed by atoms with Gasteiger partial charge in [0.2, 0.25) is 11.8 Å². The fourth-order valence-electron chi connectivity index (χ4n) is 2.52. The molecular formula is C12H11ClN2O2. The molecule has 88 valence electrons. The summed E-state index contributed by atoms with van der Waals surface area (Å²) < 4.78 is 0. The van der Waals surface area contributed by atoms with E-state index >= 15 is 0 Å². The molecule has 0 bridgehead atoms. The van der Waals surface area contributed by atoms with E-state index < -0.39 is 0 Å². The molecule has 0 spiro atoms. The van der Waals surface area contributed by atoms with Crippen molar-refractivity contribution in [3.63, 3.8) is 0 Å². The van der Waals surface area contributed by atoms with Gasteiger partial charge in [0.15, 0.2) is 0 Å². The van der Waals surface area contributed by atoms with Gasteiger partial charge in [0.05, 0.1) is 6.04 Å². The van der Waals surface area contributed by atoms with E-state index in [2.05, 4.69) is 5.32 Å². The molecule has 4 nitrogen and oxygen atoms in total. The molecule has 1 fully saturated rings. The Morgan fingerprint density at radius 1 is 1.35 bits per heavy atom. The first kappa shape index (κ1) is 10.6. The molecule has 0 aliphatic carbocycles. The Kier molecular flexibility index (Phi) is 2.33. The molecule has 2 amide bonds. The second-order valence-electron chi connectivity index (χ2n) is 4.36. The first-order valence-electron chi connectivity index (χ1n) is 5.54. The molecule has 1 saturated heterocycles. The molecular weight excluding hydrogens is 240 g/mol. The minimum Gasteiger partial charge on any atom is -0.326 e. The van der Waals surface area contributed by atoms with Crippen molar-refractivity contribution in [1.82, 2.24) is 4.90 Å². The van der Waals surface area contributed by atoms with Crippen LogP contribution in [-0.4, -0.2) is 23.3 Å². The van der Waals surface area contributed by atoms with Gasteiger partial charge in [-0.05, 0) is 30.2 Å². The van der Waals surface area contributed by atoms with Crippen molar-refractivity contribution in [1.29, 1.82) is 0 Å². The summed E-state index contributed by atoms with van der Waals surface area (Å²) in [5.41, 5.74) is 1.70. The van der Waals surface area contributed by atoms with Crippen molar-refractivity contribution < 1.29 is 9.59 Å². The molecule has 0 aromatic heterocycles. The summed E-state index contributed by atoms with van der Waals surface area (Å²) in [6.45, 7) is 0.135. The van der Waals surface area contributed by atoms with E-state index in [1.165, 1.54) is 0 Å². The predicted octanol–water partition coefficient (Wildman–Crippen LogP) is 1.96. The third kappa shape index (κ3) is 1.69. The zero-order valence-corrected chi connectivity index (χ0v) is 9.83. The van der Waals surface area contributed by atoms with Crippen molar-refractivity contribution in [3.05, 3.63) is 28.8 Å². The average molecular weight is 251 g/mol. The lowest BCUT2D eigenvalue weighted by atomic mass is 10.0. The number of hydrogen-bond donors (Lipinski definition) is 1. The van der Waals surface area contributed by atoms with E-state index in [9.17, 15) is 9.59 Å². The smallest absolute Gasteiger partial charge is 0.244 e. The SMILES string of the molecule is O=C1CN2C(=O)CCC2c2cc(Cl)ccc2N1. The Balaban J connectivity index is 2.13. The molecule has 2 heterocycles. The van der Waals surface area contributed by atoms with Gasteiger partial charge in [-0.1, -0.05) is 11.6 Å². The molecule has 3 rings (SSSR count). The van der Waals surface area contributed by atoms with E-state index in [-0.39, 0.29) is 24.4 Å². The number of benzene rings is 1. The Labute approximate surface area is 104 Å². The largest absolute Gasteiger partial charge is 0.326 e. The highest BCUT2D eigenvalue weighted by Gasteiger charge is 2.36. The molecule has 1 unspecified atom stereocenters. The number of carbonyl (C=O) groups excluding carboxylic acids is 2. The van der Waals surface area contributed by atoms with Crippen molar-refractivity contribution in [2.24, 2.45) is 0 Å². The maximum atomic E-state index is 11.7. The number of anilines is 1. The highest BCUT2D eigenvalue weighted by molar-refractivity contribution is 6.30. The monoisotopic (exact) mass is 250 g/mol. The van der Waals surface area contributed by atoms with Crippen LogP contribution in [0.2, 0.25) is 5.02 Å². The summed E-state index contributed by atoms with van der Waals surface area (Å²) >= 11 is 5.98. The third-order valence-electron chi connectivity index (χ3n) is 3.29. The number of amides is 2. The molecule has 0 saturated carbocycles. The number of nitrogens with one attached hydrogen (secondary N) is 1. The lowest BCUT2D eigenvalue weighted by Crippen LogP contribution is -2.32. The lowest BCUT2D eigenvalue weighted by Gasteiger charge is -2.21. The Bertz CT molecular complexity index is 515. The molecule has 17 heavy (non-hydrogen) atoms. The summed E-state index contributed by atoms with van der Waals surface area (Å²) in [6.07, 6.45) is 1.25. The number of rotatable bonds is 0. The lowest BCUT2D eigenvalue weighted by molar-refractivity contribution is -0.132. The summed E-state index contributed by atoms with van der Waals surface area (Å²) in [5.74, 6) is -0.107. The van der Waals surface area contributed by atoms with E-state index in [4.69, 9.17) is 11.6 Å². The molecule has 1 atom stereocenters. The van der Waals surface area contributed by atoms with Gasteiger partial charge in [0.1, 0.15) is 6.54 Å². The maximum Gasteiger partial charge on any atom is 0.244 e. The fourth-order valence-corrected chi connectivity index (χ4v) is 2.70. The van der Waals surface area contributed by atoms with Gasteiger partial charge < -0.3 is 10.2 Å². The predicted molar refractivity (Wildman–Crippen MR) is 63.8 cm³/mol. The zero-order chi connectivity index (χ0) is 12.0. The molecule has 2 aliphatic heterocycles. The summed E-state index contributed by atoms with van der Waals surface area (Å²) in [4.78, 5) is 25.0. The number of nitrogens with zero attached hydrogens (tertiary/aromatic N) is 1. The van der Waals surface area contributed by atoms with Crippen LogP contribution in [0.4, 0.5) is 5.69 Å². The number of carbonyl (C=O) groups is 2. The van der Waals surface area contributed by atoms with Crippen LogP contribution in [0.15, 0.2) is 18.2 Å². The van der Waals surface area contributed by atoms with Gasteiger partial charge in [0, 0.05) is 17.1 Å². The van der Waals surface area contributed by atoms with E-state index in [0.29, 0.717) is 11.4 Å². The van der Waals surface area contributed by atoms with E-state index in [0.717, 1.165) is 17.7 Å². The van der Waals surface area contributed by atoms with Crippen molar-refractivity contribution >= 4 is 29.1 Å². The Morgan fingerprint density at radius 2 is 2.18 bits per heavy atom. The summed E-state index contributed by atoms with van der Waals surface area (Å²) in [5, 5.41) is 3.43. The van der Waals surface area contributed by atoms with Crippen molar-refractivity contribution in [2.45, 2.75) is 18.9 Å². The van der Waals surface area contributed by atoms with Gasteiger partial charge in [-0.25, -0.2) is 0 Å². The topological polar surface area (TPSA) is 49.4 Å². The van der Waals surface area contributed by atoms with E-state index in [1.54, 1.807) is 17.0 Å². The molecule has 1 aromatic rings. The molecule has 1 N–H and O–H groups in total. The number of hydrogen-bond acceptors (Lipinski definition) is 2. The normalized spacial score (nSPS) is 22.9. The quantitative estimate of drug-likeness (QED) is 0.765. The standard InChI is InChI=1S/C12H11ClN2O2/c13-7-1-2-9-8(5-7)10-3-4-12(17)15(10)6-11(16)14-9/h1-2,5,10H,3-4,6H2,(H,14,16). The van der Waals surface area contributed by atoms with Gasteiger partial charge in [0.25, 0.3) is 0 Å². The first-order valence-corrected chi connectivity index (χ1v) is 5.92. The van der Waals surface area contributed by atoms with Gasteiger partial charge in [-0.15, -0.1) is 0 Å². The Hall–Kier alpha value is -1.55. The van der Waals surface area contributed by atoms with Crippen LogP contribution in [0.3, 0.4) is 0 Å². The zero-order valence-electron chi connectivity index (χ0n) is 9.07. The van der Waals surface area contributed by atoms with Crippen LogP contribution in [0.25, 0.3) is 0 Å². The van der Waals surface area contributed by atoms with Crippen LogP contribution in [0.5, 0.6) is 0 Å². The van der Waals surface area contributed by atoms with Crippen LogP contribution in [0, 0.1) is 0 Å². The maximum absolute atomic E-state index is 11.7. The third-order valence-corrected chi connectivity index (χ3v) is 3.52. The minimum absolute atomic E-state index is 0.0184. The average Bonchev–Trinajstić information content (AvgIpc) is 2.56. The van der Waals surface area contributed by atoms with Crippen LogP contribution in [0.1, 0.15) is 24.4 Å². The van der Waals surface area contributed by atoms with Gasteiger partial charge in [-0.2, -0.15) is 0 Å². The Morgan fingerprint density at radius 3 is 3.00 bits per heavy atom. The highest BCUT2D eigenvalue weighted by atomic mass is 35.5. The van der Waals surface area contributed by atoms with Crippen LogP contribution >= 0.6 is 11.6 Å². The number of fused-ring (bicyclic) bond motifs is 3. The van der Waals surface area contributed by atoms with Crippen LogP contribution < -0.4 is 5.32 Å². The second kappa shape index (κ2) is 3.74. The summed E-state index contributed by atoms with van der Waals surface area (Å²) in [6, 6.07) is 5.35. The number of halogens is 1. The molecule has 1 aromatic carbocycles.